The molecule has 1 aromatic heterocycles. The molecule has 0 radical (unpaired) electrons. The van der Waals surface area contributed by atoms with Gasteiger partial charge in [-0.2, -0.15) is 0 Å². The zero-order chi connectivity index (χ0) is 23.1. The molecular formula is C26H33N5O2. The molecule has 174 valence electrons. The Morgan fingerprint density at radius 1 is 1.09 bits per heavy atom. The molecule has 3 aliphatic rings. The van der Waals surface area contributed by atoms with Gasteiger partial charge in [0.05, 0.1) is 17.6 Å². The number of amides is 3. The third-order valence-corrected chi connectivity index (χ3v) is 8.52. The molecule has 0 bridgehead atoms. The number of aromatic nitrogens is 2. The van der Waals surface area contributed by atoms with Gasteiger partial charge in [0, 0.05) is 18.9 Å². The van der Waals surface area contributed by atoms with Crippen LogP contribution in [0.5, 0.6) is 0 Å². The number of urea groups is 1. The summed E-state index contributed by atoms with van der Waals surface area (Å²) < 4.78 is 0. The van der Waals surface area contributed by atoms with E-state index >= 15 is 0 Å². The molecule has 2 heterocycles. The van der Waals surface area contributed by atoms with Crippen LogP contribution in [0.3, 0.4) is 0 Å². The molecule has 2 aromatic rings. The van der Waals surface area contributed by atoms with Gasteiger partial charge in [0.1, 0.15) is 0 Å². The standard InChI is InChI=1S/C26H33N5O2/c1-2-25(21-9-4-3-5-10-21)11-13-26(14-12-25)18-30(23-28-15-20(16-29-23)22(27)32)24(33)31(26)17-19-7-6-8-19/h3-5,9-10,15-16,19H,2,6-8,11-14,17-18H2,1H3,(H2,27,32). The quantitative estimate of drug-likeness (QED) is 0.715. The number of rotatable bonds is 6. The summed E-state index contributed by atoms with van der Waals surface area (Å²) >= 11 is 0. The van der Waals surface area contributed by atoms with E-state index < -0.39 is 5.91 Å². The van der Waals surface area contributed by atoms with Gasteiger partial charge in [-0.25, -0.2) is 14.8 Å². The van der Waals surface area contributed by atoms with Crippen molar-refractivity contribution < 1.29 is 9.59 Å². The van der Waals surface area contributed by atoms with Crippen molar-refractivity contribution in [2.45, 2.75) is 69.2 Å². The SMILES string of the molecule is CCC1(c2ccccc2)CCC2(CC1)CN(c1ncc(C(N)=O)cn1)C(=O)N2CC1CCC1. The van der Waals surface area contributed by atoms with Crippen LogP contribution in [-0.4, -0.2) is 45.4 Å². The minimum atomic E-state index is -0.568. The summed E-state index contributed by atoms with van der Waals surface area (Å²) in [5, 5.41) is 0. The summed E-state index contributed by atoms with van der Waals surface area (Å²) in [6, 6.07) is 10.9. The zero-order valence-corrected chi connectivity index (χ0v) is 19.4. The Balaban J connectivity index is 1.42. The molecule has 3 amide bonds. The van der Waals surface area contributed by atoms with Gasteiger partial charge in [-0.1, -0.05) is 43.7 Å². The van der Waals surface area contributed by atoms with Crippen molar-refractivity contribution in [1.82, 2.24) is 14.9 Å². The molecule has 2 N–H and O–H groups in total. The monoisotopic (exact) mass is 447 g/mol. The van der Waals surface area contributed by atoms with Crippen molar-refractivity contribution in [3.63, 3.8) is 0 Å². The van der Waals surface area contributed by atoms with Gasteiger partial charge in [-0.15, -0.1) is 0 Å². The van der Waals surface area contributed by atoms with E-state index in [-0.39, 0.29) is 22.5 Å². The van der Waals surface area contributed by atoms with E-state index in [1.54, 1.807) is 4.90 Å². The minimum Gasteiger partial charge on any atom is -0.366 e. The number of anilines is 1. The molecule has 33 heavy (non-hydrogen) atoms. The third-order valence-electron chi connectivity index (χ3n) is 8.52. The van der Waals surface area contributed by atoms with Crippen LogP contribution in [0.1, 0.15) is 74.2 Å². The van der Waals surface area contributed by atoms with Crippen LogP contribution in [0.2, 0.25) is 0 Å². The second-order valence-electron chi connectivity index (χ2n) is 10.1. The lowest BCUT2D eigenvalue weighted by Crippen LogP contribution is -2.53. The van der Waals surface area contributed by atoms with E-state index in [4.69, 9.17) is 5.73 Å². The van der Waals surface area contributed by atoms with Crippen LogP contribution >= 0.6 is 0 Å². The number of hydrogen-bond acceptors (Lipinski definition) is 4. The lowest BCUT2D eigenvalue weighted by Gasteiger charge is -2.49. The smallest absolute Gasteiger partial charge is 0.327 e. The lowest BCUT2D eigenvalue weighted by molar-refractivity contribution is 0.0648. The number of hydrogen-bond donors (Lipinski definition) is 1. The second-order valence-corrected chi connectivity index (χ2v) is 10.1. The summed E-state index contributed by atoms with van der Waals surface area (Å²) in [7, 11) is 0. The van der Waals surface area contributed by atoms with E-state index in [0.29, 0.717) is 18.4 Å². The molecule has 0 unspecified atom stereocenters. The predicted octanol–water partition coefficient (Wildman–Crippen LogP) is 4.28. The Morgan fingerprint density at radius 3 is 2.30 bits per heavy atom. The molecule has 0 atom stereocenters. The maximum absolute atomic E-state index is 13.7. The number of carbonyl (C=O) groups excluding carboxylic acids is 2. The molecule has 1 saturated heterocycles. The summed E-state index contributed by atoms with van der Waals surface area (Å²) in [4.78, 5) is 37.6. The average molecular weight is 448 g/mol. The topological polar surface area (TPSA) is 92.4 Å². The molecule has 1 spiro atoms. The fraction of sp³-hybridized carbons (Fsp3) is 0.538. The Hall–Kier alpha value is -2.96. The largest absolute Gasteiger partial charge is 0.366 e. The van der Waals surface area contributed by atoms with Crippen LogP contribution in [0.25, 0.3) is 0 Å². The van der Waals surface area contributed by atoms with E-state index in [0.717, 1.165) is 38.6 Å². The number of nitrogens with zero attached hydrogens (tertiary/aromatic N) is 4. The van der Waals surface area contributed by atoms with Crippen LogP contribution in [0, 0.1) is 5.92 Å². The van der Waals surface area contributed by atoms with E-state index in [9.17, 15) is 9.59 Å². The first-order chi connectivity index (χ1) is 16.0. The third kappa shape index (κ3) is 3.77. The van der Waals surface area contributed by atoms with Crippen LogP contribution in [0.15, 0.2) is 42.7 Å². The van der Waals surface area contributed by atoms with Crippen molar-refractivity contribution in [3.05, 3.63) is 53.9 Å². The fourth-order valence-electron chi connectivity index (χ4n) is 6.01. The molecular weight excluding hydrogens is 414 g/mol. The summed E-state index contributed by atoms with van der Waals surface area (Å²) in [6.45, 7) is 3.71. The molecule has 1 aromatic carbocycles. The lowest BCUT2D eigenvalue weighted by atomic mass is 9.62. The van der Waals surface area contributed by atoms with Crippen molar-refractivity contribution in [2.75, 3.05) is 18.0 Å². The Morgan fingerprint density at radius 2 is 1.76 bits per heavy atom. The van der Waals surface area contributed by atoms with Gasteiger partial charge in [0.2, 0.25) is 5.95 Å². The molecule has 7 heteroatoms. The molecule has 3 fully saturated rings. The number of carbonyl (C=O) groups is 2. The highest BCUT2D eigenvalue weighted by Gasteiger charge is 2.54. The van der Waals surface area contributed by atoms with E-state index in [1.807, 2.05) is 0 Å². The average Bonchev–Trinajstić information content (AvgIpc) is 3.09. The first-order valence-electron chi connectivity index (χ1n) is 12.2. The van der Waals surface area contributed by atoms with Gasteiger partial charge in [-0.3, -0.25) is 9.69 Å². The summed E-state index contributed by atoms with van der Waals surface area (Å²) in [5.41, 5.74) is 6.98. The van der Waals surface area contributed by atoms with Crippen LogP contribution in [-0.2, 0) is 5.41 Å². The van der Waals surface area contributed by atoms with Gasteiger partial charge in [-0.05, 0) is 61.8 Å². The van der Waals surface area contributed by atoms with Crippen molar-refractivity contribution in [1.29, 1.82) is 0 Å². The summed E-state index contributed by atoms with van der Waals surface area (Å²) in [6.07, 6.45) is 11.7. The first-order valence-corrected chi connectivity index (χ1v) is 12.2. The second kappa shape index (κ2) is 8.43. The zero-order valence-electron chi connectivity index (χ0n) is 19.4. The first kappa shape index (κ1) is 21.9. The molecule has 2 saturated carbocycles. The molecule has 7 nitrogen and oxygen atoms in total. The van der Waals surface area contributed by atoms with Gasteiger partial charge >= 0.3 is 6.03 Å². The van der Waals surface area contributed by atoms with Gasteiger partial charge in [0.15, 0.2) is 0 Å². The van der Waals surface area contributed by atoms with Crippen molar-refractivity contribution in [3.8, 4) is 0 Å². The maximum atomic E-state index is 13.7. The Bertz CT molecular complexity index is 1010. The summed E-state index contributed by atoms with van der Waals surface area (Å²) in [5.74, 6) is 0.383. The molecule has 1 aliphatic heterocycles. The predicted molar refractivity (Wildman–Crippen MR) is 127 cm³/mol. The fourth-order valence-corrected chi connectivity index (χ4v) is 6.01. The highest BCUT2D eigenvalue weighted by molar-refractivity contribution is 5.95. The number of nitrogens with two attached hydrogens (primary N) is 1. The van der Waals surface area contributed by atoms with Crippen LogP contribution < -0.4 is 10.6 Å². The highest BCUT2D eigenvalue weighted by atomic mass is 16.2. The Kier molecular flexibility index (Phi) is 5.59. The number of primary amides is 1. The van der Waals surface area contributed by atoms with Crippen molar-refractivity contribution >= 4 is 17.9 Å². The number of benzene rings is 1. The van der Waals surface area contributed by atoms with Gasteiger partial charge < -0.3 is 10.6 Å². The maximum Gasteiger partial charge on any atom is 0.327 e. The highest BCUT2D eigenvalue weighted by Crippen LogP contribution is 2.50. The molecule has 2 aliphatic carbocycles. The van der Waals surface area contributed by atoms with Gasteiger partial charge in [0.25, 0.3) is 5.91 Å². The Labute approximate surface area is 195 Å². The minimum absolute atomic E-state index is 0.00238. The van der Waals surface area contributed by atoms with Crippen LogP contribution in [0.4, 0.5) is 10.7 Å². The van der Waals surface area contributed by atoms with E-state index in [1.165, 1.54) is 37.2 Å². The van der Waals surface area contributed by atoms with Crippen molar-refractivity contribution in [2.24, 2.45) is 11.7 Å². The molecule has 5 rings (SSSR count). The normalized spacial score (nSPS) is 27.7. The van der Waals surface area contributed by atoms with E-state index in [2.05, 4.69) is 52.1 Å².